The van der Waals surface area contributed by atoms with Crippen molar-refractivity contribution < 1.29 is 4.79 Å². The molecule has 0 fully saturated rings. The minimum Gasteiger partial charge on any atom is -0.289 e. The van der Waals surface area contributed by atoms with Crippen molar-refractivity contribution in [2.45, 2.75) is 29.9 Å². The second-order valence-electron chi connectivity index (χ2n) is 4.37. The van der Waals surface area contributed by atoms with Crippen molar-refractivity contribution >= 4 is 17.5 Å². The van der Waals surface area contributed by atoms with Gasteiger partial charge in [-0.2, -0.15) is 0 Å². The molecule has 17 heavy (non-hydrogen) atoms. The minimum absolute atomic E-state index is 0.225. The van der Waals surface area contributed by atoms with E-state index in [0.29, 0.717) is 0 Å². The molecule has 1 unspecified atom stereocenters. The van der Waals surface area contributed by atoms with E-state index in [1.165, 1.54) is 5.56 Å². The molecule has 0 saturated heterocycles. The van der Waals surface area contributed by atoms with Crippen LogP contribution in [0.2, 0.25) is 0 Å². The van der Waals surface area contributed by atoms with Gasteiger partial charge >= 0.3 is 0 Å². The highest BCUT2D eigenvalue weighted by Crippen LogP contribution is 2.40. The first-order valence-corrected chi connectivity index (χ1v) is 6.88. The molecule has 1 aliphatic carbocycles. The van der Waals surface area contributed by atoms with Crippen molar-refractivity contribution in [3.8, 4) is 0 Å². The Morgan fingerprint density at radius 1 is 1.41 bits per heavy atom. The number of fused-ring (bicyclic) bond motifs is 2. The van der Waals surface area contributed by atoms with Gasteiger partial charge in [0.2, 0.25) is 0 Å². The van der Waals surface area contributed by atoms with Gasteiger partial charge in [0.05, 0.1) is 5.25 Å². The van der Waals surface area contributed by atoms with E-state index in [9.17, 15) is 4.79 Å². The average Bonchev–Trinajstić information content (AvgIpc) is 2.39. The van der Waals surface area contributed by atoms with Gasteiger partial charge in [0.15, 0.2) is 5.78 Å². The lowest BCUT2D eigenvalue weighted by molar-refractivity contribution is 0.102. The number of allylic oxidation sites excluding steroid dienone is 2. The van der Waals surface area contributed by atoms with E-state index < -0.39 is 0 Å². The molecule has 0 radical (unpaired) electrons. The molecule has 0 aromatic heterocycles. The third kappa shape index (κ3) is 1.77. The summed E-state index contributed by atoms with van der Waals surface area (Å²) in [6.45, 7) is 2.12. The lowest BCUT2D eigenvalue weighted by Gasteiger charge is -2.26. The summed E-state index contributed by atoms with van der Waals surface area (Å²) in [6, 6.07) is 6.27. The molecule has 0 N–H and O–H groups in total. The predicted octanol–water partition coefficient (Wildman–Crippen LogP) is 3.79. The van der Waals surface area contributed by atoms with Crippen LogP contribution in [-0.4, -0.2) is 11.0 Å². The van der Waals surface area contributed by atoms with Gasteiger partial charge in [-0.3, -0.25) is 4.79 Å². The maximum Gasteiger partial charge on any atom is 0.191 e. The summed E-state index contributed by atoms with van der Waals surface area (Å²) in [6.07, 6.45) is 8.23. The summed E-state index contributed by atoms with van der Waals surface area (Å²) in [7, 11) is 0. The summed E-state index contributed by atoms with van der Waals surface area (Å²) >= 11 is 1.79. The number of Topliss-reactive ketones (excluding diaryl/α,β-unsaturated/α-hetero) is 1. The summed E-state index contributed by atoms with van der Waals surface area (Å²) in [5.74, 6) is 0.225. The Kier molecular flexibility index (Phi) is 2.67. The van der Waals surface area contributed by atoms with Crippen LogP contribution in [0.1, 0.15) is 29.3 Å². The number of rotatable bonds is 1. The molecule has 0 saturated carbocycles. The summed E-state index contributed by atoms with van der Waals surface area (Å²) in [5, 5.41) is 0.233. The molecule has 0 spiro atoms. The minimum atomic E-state index is 0.225. The van der Waals surface area contributed by atoms with E-state index in [2.05, 4.69) is 43.4 Å². The second kappa shape index (κ2) is 4.19. The first kappa shape index (κ1) is 10.8. The van der Waals surface area contributed by atoms with Crippen LogP contribution in [0.5, 0.6) is 0 Å². The first-order valence-electron chi connectivity index (χ1n) is 6.00. The number of carbonyl (C=O) groups is 1. The van der Waals surface area contributed by atoms with Gasteiger partial charge < -0.3 is 0 Å². The highest BCUT2D eigenvalue weighted by atomic mass is 32.2. The van der Waals surface area contributed by atoms with Crippen molar-refractivity contribution in [2.24, 2.45) is 0 Å². The van der Waals surface area contributed by atoms with Gasteiger partial charge in [-0.15, -0.1) is 11.8 Å². The van der Waals surface area contributed by atoms with Crippen LogP contribution in [0, 0.1) is 0 Å². The monoisotopic (exact) mass is 242 g/mol. The normalized spacial score (nSPS) is 21.8. The fraction of sp³-hybridized carbons (Fsp3) is 0.267. The number of aryl methyl sites for hydroxylation is 1. The number of thioether (sulfide) groups is 1. The largest absolute Gasteiger partial charge is 0.289 e. The molecule has 86 valence electrons. The first-order chi connectivity index (χ1) is 8.29. The molecule has 1 aliphatic heterocycles. The van der Waals surface area contributed by atoms with Gasteiger partial charge in [-0.25, -0.2) is 0 Å². The Balaban J connectivity index is 2.10. The fourth-order valence-corrected chi connectivity index (χ4v) is 3.53. The number of hydrogen-bond acceptors (Lipinski definition) is 2. The quantitative estimate of drug-likeness (QED) is 0.697. The number of hydrogen-bond donors (Lipinski definition) is 0. The van der Waals surface area contributed by atoms with Crippen molar-refractivity contribution in [3.63, 3.8) is 0 Å². The maximum absolute atomic E-state index is 12.4. The Morgan fingerprint density at radius 3 is 3.12 bits per heavy atom. The van der Waals surface area contributed by atoms with Gasteiger partial charge in [-0.1, -0.05) is 31.2 Å². The molecule has 1 atom stereocenters. The van der Waals surface area contributed by atoms with Crippen molar-refractivity contribution in [2.75, 3.05) is 0 Å². The highest BCUT2D eigenvalue weighted by Gasteiger charge is 2.30. The SMILES string of the molecule is CCc1ccc2c(c1)C(=O)C1=CCC=CC1S2. The topological polar surface area (TPSA) is 17.1 Å². The van der Waals surface area contributed by atoms with Crippen LogP contribution >= 0.6 is 11.8 Å². The smallest absolute Gasteiger partial charge is 0.191 e. The van der Waals surface area contributed by atoms with Crippen LogP contribution in [0.15, 0.2) is 46.9 Å². The van der Waals surface area contributed by atoms with E-state index in [4.69, 9.17) is 0 Å². The fourth-order valence-electron chi connectivity index (χ4n) is 2.31. The van der Waals surface area contributed by atoms with E-state index in [-0.39, 0.29) is 11.0 Å². The molecule has 1 nitrogen and oxygen atoms in total. The van der Waals surface area contributed by atoms with Gasteiger partial charge in [-0.05, 0) is 30.5 Å². The Labute approximate surface area is 106 Å². The molecule has 2 aliphatic rings. The van der Waals surface area contributed by atoms with Crippen molar-refractivity contribution in [3.05, 3.63) is 53.1 Å². The van der Waals surface area contributed by atoms with Crippen molar-refractivity contribution in [1.29, 1.82) is 0 Å². The number of benzene rings is 1. The average molecular weight is 242 g/mol. The molecule has 0 amide bonds. The molecule has 1 heterocycles. The van der Waals surface area contributed by atoms with Crippen LogP contribution < -0.4 is 0 Å². The molecule has 2 heteroatoms. The second-order valence-corrected chi connectivity index (χ2v) is 5.56. The Bertz CT molecular complexity index is 540. The van der Waals surface area contributed by atoms with Gasteiger partial charge in [0, 0.05) is 16.0 Å². The van der Waals surface area contributed by atoms with Crippen LogP contribution in [0.3, 0.4) is 0 Å². The molecule has 3 rings (SSSR count). The zero-order valence-electron chi connectivity index (χ0n) is 9.77. The molecular formula is C15H14OS. The van der Waals surface area contributed by atoms with E-state index in [0.717, 1.165) is 28.9 Å². The van der Waals surface area contributed by atoms with E-state index in [1.807, 2.05) is 0 Å². The van der Waals surface area contributed by atoms with Gasteiger partial charge in [0.1, 0.15) is 0 Å². The van der Waals surface area contributed by atoms with Crippen LogP contribution in [0.4, 0.5) is 0 Å². The van der Waals surface area contributed by atoms with Crippen molar-refractivity contribution in [1.82, 2.24) is 0 Å². The Hall–Kier alpha value is -1.28. The zero-order valence-corrected chi connectivity index (χ0v) is 10.6. The highest BCUT2D eigenvalue weighted by molar-refractivity contribution is 8.00. The van der Waals surface area contributed by atoms with E-state index in [1.54, 1.807) is 11.8 Å². The zero-order chi connectivity index (χ0) is 11.8. The summed E-state index contributed by atoms with van der Waals surface area (Å²) < 4.78 is 0. The maximum atomic E-state index is 12.4. The number of carbonyl (C=O) groups excluding carboxylic acids is 1. The predicted molar refractivity (Wildman–Crippen MR) is 71.6 cm³/mol. The number of ketones is 1. The van der Waals surface area contributed by atoms with E-state index >= 15 is 0 Å². The lowest BCUT2D eigenvalue weighted by atomic mass is 9.94. The third-order valence-corrected chi connectivity index (χ3v) is 4.58. The lowest BCUT2D eigenvalue weighted by Crippen LogP contribution is -2.21. The standard InChI is InChI=1S/C15H14OS/c1-2-10-7-8-14-12(9-10)15(16)11-5-3-4-6-13(11)17-14/h4-9,13H,2-3H2,1H3. The van der Waals surface area contributed by atoms with Crippen LogP contribution in [-0.2, 0) is 6.42 Å². The summed E-state index contributed by atoms with van der Waals surface area (Å²) in [5.41, 5.74) is 3.11. The Morgan fingerprint density at radius 2 is 2.29 bits per heavy atom. The molecule has 0 bridgehead atoms. The third-order valence-electron chi connectivity index (χ3n) is 3.30. The summed E-state index contributed by atoms with van der Waals surface area (Å²) in [4.78, 5) is 13.5. The molecule has 1 aromatic rings. The van der Waals surface area contributed by atoms with Gasteiger partial charge in [0.25, 0.3) is 0 Å². The van der Waals surface area contributed by atoms with Crippen LogP contribution in [0.25, 0.3) is 0 Å². The molecule has 1 aromatic carbocycles. The molecular weight excluding hydrogens is 228 g/mol.